The number of aromatic nitrogens is 2. The van der Waals surface area contributed by atoms with Crippen molar-refractivity contribution in [3.63, 3.8) is 0 Å². The minimum Gasteiger partial charge on any atom is -0.365 e. The summed E-state index contributed by atoms with van der Waals surface area (Å²) in [6.07, 6.45) is 4.34. The second-order valence-electron chi connectivity index (χ2n) is 4.31. The quantitative estimate of drug-likeness (QED) is 0.779. The third-order valence-corrected chi connectivity index (χ3v) is 3.19. The lowest BCUT2D eigenvalue weighted by Gasteiger charge is -2.21. The molecule has 3 nitrogen and oxygen atoms in total. The first kappa shape index (κ1) is 9.44. The van der Waals surface area contributed by atoms with E-state index in [-0.39, 0.29) is 0 Å². The zero-order valence-electron chi connectivity index (χ0n) is 8.77. The van der Waals surface area contributed by atoms with Gasteiger partial charge in [-0.25, -0.2) is 0 Å². The van der Waals surface area contributed by atoms with E-state index in [2.05, 4.69) is 29.4 Å². The van der Waals surface area contributed by atoms with Gasteiger partial charge in [0.2, 0.25) is 0 Å². The van der Waals surface area contributed by atoms with Gasteiger partial charge < -0.3 is 5.32 Å². The largest absolute Gasteiger partial charge is 0.365 e. The van der Waals surface area contributed by atoms with Crippen LogP contribution in [0.5, 0.6) is 0 Å². The van der Waals surface area contributed by atoms with Crippen molar-refractivity contribution in [3.05, 3.63) is 18.3 Å². The predicted octanol–water partition coefficient (Wildman–Crippen LogP) is 2.32. The van der Waals surface area contributed by atoms with Gasteiger partial charge in [0.15, 0.2) is 0 Å². The summed E-state index contributed by atoms with van der Waals surface area (Å²) in [5.74, 6) is 2.39. The summed E-state index contributed by atoms with van der Waals surface area (Å²) in [6, 6.07) is 4.45. The molecule has 1 aromatic heterocycles. The third-order valence-electron chi connectivity index (χ3n) is 3.19. The van der Waals surface area contributed by atoms with Crippen LogP contribution in [0, 0.1) is 11.8 Å². The van der Waals surface area contributed by atoms with Crippen LogP contribution in [0.15, 0.2) is 18.3 Å². The number of hydrogen-bond acceptors (Lipinski definition) is 3. The Morgan fingerprint density at radius 2 is 2.00 bits per heavy atom. The molecule has 0 radical (unpaired) electrons. The summed E-state index contributed by atoms with van der Waals surface area (Å²) in [6.45, 7) is 4.61. The predicted molar refractivity (Wildman–Crippen MR) is 57.0 cm³/mol. The first-order valence-corrected chi connectivity index (χ1v) is 5.31. The molecule has 1 fully saturated rings. The highest BCUT2D eigenvalue weighted by Crippen LogP contribution is 2.32. The SMILES string of the molecule is CC1CCC(C)C1Nc1cccnn1. The van der Waals surface area contributed by atoms with Gasteiger partial charge in [0, 0.05) is 12.2 Å². The molecule has 76 valence electrons. The molecule has 2 unspecified atom stereocenters. The fraction of sp³-hybridized carbons (Fsp3) is 0.636. The van der Waals surface area contributed by atoms with Gasteiger partial charge in [0.25, 0.3) is 0 Å². The second kappa shape index (κ2) is 3.95. The van der Waals surface area contributed by atoms with E-state index in [4.69, 9.17) is 0 Å². The summed E-state index contributed by atoms with van der Waals surface area (Å²) in [5.41, 5.74) is 0. The molecule has 1 aromatic rings. The Labute approximate surface area is 84.9 Å². The van der Waals surface area contributed by atoms with Gasteiger partial charge in [0.1, 0.15) is 5.82 Å². The monoisotopic (exact) mass is 191 g/mol. The molecule has 1 aliphatic rings. The molecule has 3 heteroatoms. The summed E-state index contributed by atoms with van der Waals surface area (Å²) < 4.78 is 0. The Morgan fingerprint density at radius 3 is 2.57 bits per heavy atom. The third kappa shape index (κ3) is 1.86. The van der Waals surface area contributed by atoms with Crippen molar-refractivity contribution in [1.29, 1.82) is 0 Å². The standard InChI is InChI=1S/C11H17N3/c1-8-5-6-9(2)11(8)13-10-4-3-7-12-14-10/h3-4,7-9,11H,5-6H2,1-2H3,(H,13,14). The van der Waals surface area contributed by atoms with Crippen molar-refractivity contribution < 1.29 is 0 Å². The fourth-order valence-electron chi connectivity index (χ4n) is 2.28. The molecule has 14 heavy (non-hydrogen) atoms. The van der Waals surface area contributed by atoms with E-state index in [1.54, 1.807) is 6.20 Å². The van der Waals surface area contributed by atoms with Gasteiger partial charge >= 0.3 is 0 Å². The van der Waals surface area contributed by atoms with E-state index < -0.39 is 0 Å². The lowest BCUT2D eigenvalue weighted by Crippen LogP contribution is -2.28. The molecular weight excluding hydrogens is 174 g/mol. The van der Waals surface area contributed by atoms with Crippen LogP contribution < -0.4 is 5.32 Å². The minimum atomic E-state index is 0.562. The van der Waals surface area contributed by atoms with E-state index in [0.717, 1.165) is 17.7 Å². The summed E-state index contributed by atoms with van der Waals surface area (Å²) in [7, 11) is 0. The molecular formula is C11H17N3. The lowest BCUT2D eigenvalue weighted by atomic mass is 10.0. The molecule has 0 amide bonds. The number of nitrogens with one attached hydrogen (secondary N) is 1. The molecule has 2 atom stereocenters. The molecule has 1 saturated carbocycles. The topological polar surface area (TPSA) is 37.8 Å². The molecule has 1 N–H and O–H groups in total. The van der Waals surface area contributed by atoms with Crippen LogP contribution in [0.4, 0.5) is 5.82 Å². The van der Waals surface area contributed by atoms with Gasteiger partial charge in [-0.2, -0.15) is 5.10 Å². The summed E-state index contributed by atoms with van der Waals surface area (Å²) in [5, 5.41) is 11.4. The number of nitrogens with zero attached hydrogens (tertiary/aromatic N) is 2. The van der Waals surface area contributed by atoms with Crippen LogP contribution in [0.25, 0.3) is 0 Å². The molecule has 1 aliphatic carbocycles. The van der Waals surface area contributed by atoms with E-state index in [1.807, 2.05) is 12.1 Å². The molecule has 0 aromatic carbocycles. The van der Waals surface area contributed by atoms with Gasteiger partial charge in [-0.05, 0) is 36.8 Å². The van der Waals surface area contributed by atoms with Crippen molar-refractivity contribution in [2.24, 2.45) is 11.8 Å². The Morgan fingerprint density at radius 1 is 1.29 bits per heavy atom. The van der Waals surface area contributed by atoms with Crippen molar-refractivity contribution in [2.45, 2.75) is 32.7 Å². The van der Waals surface area contributed by atoms with Crippen LogP contribution in [-0.4, -0.2) is 16.2 Å². The van der Waals surface area contributed by atoms with Gasteiger partial charge in [-0.15, -0.1) is 5.10 Å². The van der Waals surface area contributed by atoms with E-state index in [1.165, 1.54) is 12.8 Å². The molecule has 0 saturated heterocycles. The molecule has 0 spiro atoms. The average molecular weight is 191 g/mol. The number of hydrogen-bond donors (Lipinski definition) is 1. The fourth-order valence-corrected chi connectivity index (χ4v) is 2.28. The average Bonchev–Trinajstić information content (AvgIpc) is 2.51. The van der Waals surface area contributed by atoms with Gasteiger partial charge in [0.05, 0.1) is 0 Å². The van der Waals surface area contributed by atoms with Crippen LogP contribution in [0.3, 0.4) is 0 Å². The maximum absolute atomic E-state index is 4.05. The first-order chi connectivity index (χ1) is 6.77. The van der Waals surface area contributed by atoms with Gasteiger partial charge in [-0.1, -0.05) is 13.8 Å². The van der Waals surface area contributed by atoms with Crippen molar-refractivity contribution in [2.75, 3.05) is 5.32 Å². The Bertz CT molecular complexity index is 276. The van der Waals surface area contributed by atoms with Crippen LogP contribution in [-0.2, 0) is 0 Å². The second-order valence-corrected chi connectivity index (χ2v) is 4.31. The van der Waals surface area contributed by atoms with Crippen molar-refractivity contribution in [1.82, 2.24) is 10.2 Å². The summed E-state index contributed by atoms with van der Waals surface area (Å²) in [4.78, 5) is 0. The van der Waals surface area contributed by atoms with E-state index in [0.29, 0.717) is 6.04 Å². The number of rotatable bonds is 2. The highest BCUT2D eigenvalue weighted by molar-refractivity contribution is 5.33. The molecule has 0 aliphatic heterocycles. The van der Waals surface area contributed by atoms with Crippen molar-refractivity contribution in [3.8, 4) is 0 Å². The molecule has 2 rings (SSSR count). The Hall–Kier alpha value is -1.12. The summed E-state index contributed by atoms with van der Waals surface area (Å²) >= 11 is 0. The van der Waals surface area contributed by atoms with Crippen LogP contribution >= 0.6 is 0 Å². The Kier molecular flexibility index (Phi) is 2.66. The van der Waals surface area contributed by atoms with Crippen LogP contribution in [0.2, 0.25) is 0 Å². The first-order valence-electron chi connectivity index (χ1n) is 5.31. The maximum atomic E-state index is 4.05. The van der Waals surface area contributed by atoms with E-state index in [9.17, 15) is 0 Å². The Balaban J connectivity index is 2.04. The van der Waals surface area contributed by atoms with E-state index >= 15 is 0 Å². The zero-order chi connectivity index (χ0) is 9.97. The van der Waals surface area contributed by atoms with Crippen molar-refractivity contribution >= 4 is 5.82 Å². The highest BCUT2D eigenvalue weighted by Gasteiger charge is 2.30. The molecule has 1 heterocycles. The molecule has 0 bridgehead atoms. The zero-order valence-corrected chi connectivity index (χ0v) is 8.77. The highest BCUT2D eigenvalue weighted by atomic mass is 15.2. The number of anilines is 1. The maximum Gasteiger partial charge on any atom is 0.148 e. The van der Waals surface area contributed by atoms with Gasteiger partial charge in [-0.3, -0.25) is 0 Å². The normalized spacial score (nSPS) is 31.7. The van der Waals surface area contributed by atoms with Crippen LogP contribution in [0.1, 0.15) is 26.7 Å². The smallest absolute Gasteiger partial charge is 0.148 e. The lowest BCUT2D eigenvalue weighted by molar-refractivity contribution is 0.486. The minimum absolute atomic E-state index is 0.562.